The molecule has 0 saturated heterocycles. The van der Waals surface area contributed by atoms with Crippen molar-refractivity contribution in [3.05, 3.63) is 82.7 Å². The Labute approximate surface area is 194 Å². The molecule has 172 valence electrons. The summed E-state index contributed by atoms with van der Waals surface area (Å²) < 4.78 is 7.31. The van der Waals surface area contributed by atoms with Crippen molar-refractivity contribution in [3.63, 3.8) is 0 Å². The zero-order chi connectivity index (χ0) is 23.4. The Hall–Kier alpha value is -3.61. The minimum absolute atomic E-state index is 0.0960. The number of carbonyl (C=O) groups is 2. The van der Waals surface area contributed by atoms with Crippen LogP contribution in [0.4, 0.5) is 0 Å². The average molecular weight is 447 g/mol. The molecular formula is C26H30N4O3. The molecule has 0 atom stereocenters. The van der Waals surface area contributed by atoms with E-state index in [-0.39, 0.29) is 23.6 Å². The monoisotopic (exact) mass is 446 g/mol. The molecule has 1 aliphatic rings. The molecule has 2 heterocycles. The van der Waals surface area contributed by atoms with Crippen LogP contribution in [-0.4, -0.2) is 39.1 Å². The van der Waals surface area contributed by atoms with Crippen molar-refractivity contribution in [1.29, 1.82) is 0 Å². The van der Waals surface area contributed by atoms with Gasteiger partial charge >= 0.3 is 0 Å². The van der Waals surface area contributed by atoms with Gasteiger partial charge in [-0.2, -0.15) is 5.10 Å². The predicted molar refractivity (Wildman–Crippen MR) is 126 cm³/mol. The van der Waals surface area contributed by atoms with E-state index in [1.54, 1.807) is 10.7 Å². The molecule has 0 bridgehead atoms. The number of nitrogens with zero attached hydrogens (tertiary/aromatic N) is 3. The number of rotatable bonds is 7. The van der Waals surface area contributed by atoms with Gasteiger partial charge in [0.05, 0.1) is 6.10 Å². The summed E-state index contributed by atoms with van der Waals surface area (Å²) in [6.07, 6.45) is 0.903. The number of hydrogen-bond donors (Lipinski definition) is 1. The number of amides is 2. The first-order valence-electron chi connectivity index (χ1n) is 11.4. The van der Waals surface area contributed by atoms with E-state index < -0.39 is 0 Å². The van der Waals surface area contributed by atoms with Crippen LogP contribution in [-0.2, 0) is 19.6 Å². The Morgan fingerprint density at radius 2 is 1.88 bits per heavy atom. The summed E-state index contributed by atoms with van der Waals surface area (Å²) in [5, 5.41) is 7.30. The van der Waals surface area contributed by atoms with Gasteiger partial charge in [-0.3, -0.25) is 14.3 Å². The van der Waals surface area contributed by atoms with Crippen molar-refractivity contribution in [2.75, 3.05) is 6.54 Å². The lowest BCUT2D eigenvalue weighted by atomic mass is 10.1. The molecule has 0 spiro atoms. The van der Waals surface area contributed by atoms with Crippen molar-refractivity contribution in [3.8, 4) is 5.75 Å². The fraction of sp³-hybridized carbons (Fsp3) is 0.346. The van der Waals surface area contributed by atoms with E-state index in [2.05, 4.69) is 16.5 Å². The van der Waals surface area contributed by atoms with Crippen molar-refractivity contribution in [2.24, 2.45) is 0 Å². The number of aromatic nitrogens is 2. The first-order valence-corrected chi connectivity index (χ1v) is 11.4. The third-order valence-corrected chi connectivity index (χ3v) is 5.52. The highest BCUT2D eigenvalue weighted by atomic mass is 16.5. The summed E-state index contributed by atoms with van der Waals surface area (Å²) >= 11 is 0. The van der Waals surface area contributed by atoms with Crippen LogP contribution in [0, 0.1) is 6.92 Å². The van der Waals surface area contributed by atoms with Crippen molar-refractivity contribution >= 4 is 11.8 Å². The highest BCUT2D eigenvalue weighted by molar-refractivity contribution is 5.98. The van der Waals surface area contributed by atoms with Gasteiger partial charge in [0, 0.05) is 32.2 Å². The Morgan fingerprint density at radius 1 is 1.09 bits per heavy atom. The van der Waals surface area contributed by atoms with Gasteiger partial charge in [0.25, 0.3) is 11.8 Å². The third kappa shape index (κ3) is 5.61. The van der Waals surface area contributed by atoms with Crippen molar-refractivity contribution in [2.45, 2.75) is 52.9 Å². The van der Waals surface area contributed by atoms with Gasteiger partial charge in [0.1, 0.15) is 11.4 Å². The third-order valence-electron chi connectivity index (χ3n) is 5.52. The standard InChI is InChI=1S/C26H30N4O3/c1-18(2)33-22-10-8-20(9-11-22)16-27-25(31)23-15-24-26(32)29(12-5-13-30(24)28-23)17-21-7-4-6-19(3)14-21/h4,6-11,14-15,18H,5,12-13,16-17H2,1-3H3,(H,27,31). The van der Waals surface area contributed by atoms with Crippen LogP contribution in [0.5, 0.6) is 5.75 Å². The van der Waals surface area contributed by atoms with Crippen LogP contribution in [0.2, 0.25) is 0 Å². The maximum atomic E-state index is 13.2. The lowest BCUT2D eigenvalue weighted by Gasteiger charge is -2.20. The molecule has 7 nitrogen and oxygen atoms in total. The summed E-state index contributed by atoms with van der Waals surface area (Å²) in [6.45, 7) is 8.19. The van der Waals surface area contributed by atoms with Gasteiger partial charge in [-0.1, -0.05) is 42.0 Å². The fourth-order valence-corrected chi connectivity index (χ4v) is 3.96. The van der Waals surface area contributed by atoms with Gasteiger partial charge in [0.15, 0.2) is 5.69 Å². The van der Waals surface area contributed by atoms with Gasteiger partial charge in [-0.25, -0.2) is 0 Å². The normalized spacial score (nSPS) is 13.6. The molecule has 7 heteroatoms. The zero-order valence-corrected chi connectivity index (χ0v) is 19.4. The maximum Gasteiger partial charge on any atom is 0.272 e. The summed E-state index contributed by atoms with van der Waals surface area (Å²) in [4.78, 5) is 27.7. The first-order chi connectivity index (χ1) is 15.9. The Bertz CT molecular complexity index is 1130. The number of ether oxygens (including phenoxy) is 1. The molecule has 0 fully saturated rings. The Morgan fingerprint density at radius 3 is 2.61 bits per heavy atom. The van der Waals surface area contributed by atoms with Gasteiger partial charge in [0.2, 0.25) is 0 Å². The Balaban J connectivity index is 1.41. The Kier molecular flexibility index (Phi) is 6.77. The van der Waals surface area contributed by atoms with Gasteiger partial charge in [-0.05, 0) is 50.5 Å². The molecule has 1 N–H and O–H groups in total. The van der Waals surface area contributed by atoms with E-state index in [0.29, 0.717) is 31.9 Å². The molecule has 0 aliphatic carbocycles. The summed E-state index contributed by atoms with van der Waals surface area (Å²) in [5.74, 6) is 0.407. The van der Waals surface area contributed by atoms with E-state index in [4.69, 9.17) is 4.74 Å². The molecule has 4 rings (SSSR count). The number of nitrogens with one attached hydrogen (secondary N) is 1. The van der Waals surface area contributed by atoms with Crippen LogP contribution in [0.3, 0.4) is 0 Å². The van der Waals surface area contributed by atoms with Crippen molar-refractivity contribution in [1.82, 2.24) is 20.0 Å². The minimum Gasteiger partial charge on any atom is -0.491 e. The van der Waals surface area contributed by atoms with Crippen LogP contribution < -0.4 is 10.1 Å². The summed E-state index contributed by atoms with van der Waals surface area (Å²) in [5.41, 5.74) is 3.94. The van der Waals surface area contributed by atoms with E-state index in [0.717, 1.165) is 23.3 Å². The number of fused-ring (bicyclic) bond motifs is 1. The number of benzene rings is 2. The second kappa shape index (κ2) is 9.90. The first kappa shape index (κ1) is 22.6. The number of aryl methyl sites for hydroxylation is 2. The molecule has 1 aliphatic heterocycles. The maximum absolute atomic E-state index is 13.2. The highest BCUT2D eigenvalue weighted by Crippen LogP contribution is 2.18. The SMILES string of the molecule is Cc1cccc(CN2CCCn3nc(C(=O)NCc4ccc(OC(C)C)cc4)cc3C2=O)c1. The highest BCUT2D eigenvalue weighted by Gasteiger charge is 2.26. The van der Waals surface area contributed by atoms with E-state index in [1.807, 2.05) is 68.1 Å². The van der Waals surface area contributed by atoms with Gasteiger partial charge < -0.3 is 15.0 Å². The lowest BCUT2D eigenvalue weighted by Crippen LogP contribution is -2.30. The average Bonchev–Trinajstić information content (AvgIpc) is 3.15. The largest absolute Gasteiger partial charge is 0.491 e. The van der Waals surface area contributed by atoms with Gasteiger partial charge in [-0.15, -0.1) is 0 Å². The molecule has 2 aromatic carbocycles. The number of carbonyl (C=O) groups excluding carboxylic acids is 2. The molecule has 33 heavy (non-hydrogen) atoms. The fourth-order valence-electron chi connectivity index (χ4n) is 3.96. The van der Waals surface area contributed by atoms with E-state index in [1.165, 1.54) is 5.56 Å². The second-order valence-corrected chi connectivity index (χ2v) is 8.70. The second-order valence-electron chi connectivity index (χ2n) is 8.70. The smallest absolute Gasteiger partial charge is 0.272 e. The lowest BCUT2D eigenvalue weighted by molar-refractivity contribution is 0.0745. The zero-order valence-electron chi connectivity index (χ0n) is 19.4. The molecule has 3 aromatic rings. The minimum atomic E-state index is -0.295. The van der Waals surface area contributed by atoms with Crippen LogP contribution in [0.1, 0.15) is 57.9 Å². The molecule has 0 radical (unpaired) electrons. The van der Waals surface area contributed by atoms with Crippen LogP contribution in [0.15, 0.2) is 54.6 Å². The summed E-state index contributed by atoms with van der Waals surface area (Å²) in [6, 6.07) is 17.4. The van der Waals surface area contributed by atoms with Crippen molar-refractivity contribution < 1.29 is 14.3 Å². The molecule has 0 saturated carbocycles. The molecular weight excluding hydrogens is 416 g/mol. The predicted octanol–water partition coefficient (Wildman–Crippen LogP) is 3.95. The van der Waals surface area contributed by atoms with Crippen LogP contribution >= 0.6 is 0 Å². The van der Waals surface area contributed by atoms with E-state index in [9.17, 15) is 9.59 Å². The molecule has 1 aromatic heterocycles. The topological polar surface area (TPSA) is 76.5 Å². The van der Waals surface area contributed by atoms with E-state index >= 15 is 0 Å². The summed E-state index contributed by atoms with van der Waals surface area (Å²) in [7, 11) is 0. The number of hydrogen-bond acceptors (Lipinski definition) is 4. The van der Waals surface area contributed by atoms with Crippen LogP contribution in [0.25, 0.3) is 0 Å². The quantitative estimate of drug-likeness (QED) is 0.596. The molecule has 2 amide bonds. The molecule has 0 unspecified atom stereocenters.